The van der Waals surface area contributed by atoms with Gasteiger partial charge in [0.15, 0.2) is 9.84 Å². The lowest BCUT2D eigenvalue weighted by Crippen LogP contribution is -2.41. The van der Waals surface area contributed by atoms with Crippen molar-refractivity contribution in [1.82, 2.24) is 10.4 Å². The lowest BCUT2D eigenvalue weighted by atomic mass is 10.1. The molecule has 9 heteroatoms. The van der Waals surface area contributed by atoms with Crippen molar-refractivity contribution in [2.24, 2.45) is 11.8 Å². The van der Waals surface area contributed by atoms with Gasteiger partial charge in [-0.25, -0.2) is 18.9 Å². The number of rotatable bonds is 5. The summed E-state index contributed by atoms with van der Waals surface area (Å²) in [7, 11) is -2.26. The number of methoxy groups -OCH3 is 1. The summed E-state index contributed by atoms with van der Waals surface area (Å²) in [5.41, 5.74) is 2.08. The molecule has 5 nitrogen and oxygen atoms in total. The van der Waals surface area contributed by atoms with Gasteiger partial charge < -0.3 is 4.74 Å². The molecule has 3 rings (SSSR count). The minimum atomic E-state index is -4.49. The van der Waals surface area contributed by atoms with E-state index in [1.54, 1.807) is 5.01 Å². The molecule has 0 amide bonds. The molecule has 1 heterocycles. The van der Waals surface area contributed by atoms with Gasteiger partial charge in [-0.1, -0.05) is 0 Å². The van der Waals surface area contributed by atoms with Crippen LogP contribution in [-0.4, -0.2) is 39.2 Å². The number of halogens is 3. The molecular formula is C15H19F3N2O3S. The van der Waals surface area contributed by atoms with Crippen LogP contribution < -0.4 is 5.43 Å². The van der Waals surface area contributed by atoms with Crippen LogP contribution in [0.4, 0.5) is 13.2 Å². The van der Waals surface area contributed by atoms with Crippen LogP contribution >= 0.6 is 0 Å². The molecule has 1 N–H and O–H groups in total. The molecule has 0 aromatic heterocycles. The zero-order chi connectivity index (χ0) is 17.5. The summed E-state index contributed by atoms with van der Waals surface area (Å²) in [6.07, 6.45) is -2.53. The summed E-state index contributed by atoms with van der Waals surface area (Å²) in [4.78, 5) is -0.0992. The number of hydrogen-bond acceptors (Lipinski definition) is 5. The molecule has 2 unspecified atom stereocenters. The highest BCUT2D eigenvalue weighted by Crippen LogP contribution is 2.43. The van der Waals surface area contributed by atoms with E-state index in [-0.39, 0.29) is 17.5 Å². The van der Waals surface area contributed by atoms with Crippen LogP contribution in [0.5, 0.6) is 0 Å². The van der Waals surface area contributed by atoms with Crippen LogP contribution in [0, 0.1) is 11.8 Å². The molecule has 1 aliphatic carbocycles. The summed E-state index contributed by atoms with van der Waals surface area (Å²) < 4.78 is 68.7. The van der Waals surface area contributed by atoms with Crippen molar-refractivity contribution in [3.8, 4) is 0 Å². The van der Waals surface area contributed by atoms with E-state index in [2.05, 4.69) is 5.43 Å². The number of hydrazine groups is 1. The maximum Gasteiger partial charge on any atom is 0.416 e. The van der Waals surface area contributed by atoms with Gasteiger partial charge in [0, 0.05) is 19.6 Å². The molecule has 0 radical (unpaired) electrons. The van der Waals surface area contributed by atoms with Crippen LogP contribution in [0.2, 0.25) is 0 Å². The topological polar surface area (TPSA) is 58.6 Å². The van der Waals surface area contributed by atoms with Crippen molar-refractivity contribution in [2.75, 3.05) is 20.4 Å². The van der Waals surface area contributed by atoms with Crippen molar-refractivity contribution in [2.45, 2.75) is 29.3 Å². The molecular weight excluding hydrogens is 345 g/mol. The standard InChI is InChI=1S/C15H19F3N2O3S/c1-23-9-20-8-13(10-2-3-10)14(19-20)24(21,22)12-6-4-11(5-7-12)15(16,17)18/h4-7,10,13-14,19H,2-3,8-9H2,1H3. The Kier molecular flexibility index (Phi) is 4.63. The number of hydrogen-bond donors (Lipinski definition) is 1. The summed E-state index contributed by atoms with van der Waals surface area (Å²) in [6.45, 7) is 0.797. The second-order valence-corrected chi connectivity index (χ2v) is 8.33. The zero-order valence-corrected chi connectivity index (χ0v) is 13.9. The van der Waals surface area contributed by atoms with E-state index in [0.717, 1.165) is 37.1 Å². The van der Waals surface area contributed by atoms with Gasteiger partial charge in [-0.15, -0.1) is 0 Å². The Bertz CT molecular complexity index is 687. The zero-order valence-electron chi connectivity index (χ0n) is 13.1. The first-order valence-corrected chi connectivity index (χ1v) is 9.19. The molecule has 2 aliphatic rings. The largest absolute Gasteiger partial charge is 0.416 e. The molecule has 1 saturated carbocycles. The van der Waals surface area contributed by atoms with Crippen LogP contribution in [0.1, 0.15) is 18.4 Å². The summed E-state index contributed by atoms with van der Waals surface area (Å²) in [5.74, 6) is 0.237. The minimum absolute atomic E-state index is 0.0903. The Hall–Kier alpha value is -1.16. The SMILES string of the molecule is COCN1CC(C2CC2)C(S(=O)(=O)c2ccc(C(F)(F)F)cc2)N1. The van der Waals surface area contributed by atoms with Crippen LogP contribution in [-0.2, 0) is 20.8 Å². The number of sulfone groups is 1. The fraction of sp³-hybridized carbons (Fsp3) is 0.600. The minimum Gasteiger partial charge on any atom is -0.368 e. The fourth-order valence-corrected chi connectivity index (χ4v) is 4.99. The van der Waals surface area contributed by atoms with Crippen molar-refractivity contribution in [3.63, 3.8) is 0 Å². The predicted octanol–water partition coefficient (Wildman–Crippen LogP) is 2.26. The highest BCUT2D eigenvalue weighted by atomic mass is 32.2. The van der Waals surface area contributed by atoms with E-state index in [1.165, 1.54) is 7.11 Å². The molecule has 24 heavy (non-hydrogen) atoms. The van der Waals surface area contributed by atoms with Gasteiger partial charge in [-0.2, -0.15) is 13.2 Å². The number of benzene rings is 1. The first-order chi connectivity index (χ1) is 11.2. The molecule has 0 spiro atoms. The summed E-state index contributed by atoms with van der Waals surface area (Å²) in [6, 6.07) is 3.67. The van der Waals surface area contributed by atoms with E-state index in [0.29, 0.717) is 12.5 Å². The molecule has 0 bridgehead atoms. The lowest BCUT2D eigenvalue weighted by molar-refractivity contribution is -0.137. The molecule has 1 aromatic carbocycles. The Morgan fingerprint density at radius 3 is 2.38 bits per heavy atom. The molecule has 1 saturated heterocycles. The average Bonchev–Trinajstić information content (AvgIpc) is 3.27. The molecule has 1 aliphatic heterocycles. The summed E-state index contributed by atoms with van der Waals surface area (Å²) >= 11 is 0. The first-order valence-electron chi connectivity index (χ1n) is 7.64. The van der Waals surface area contributed by atoms with Gasteiger partial charge in [-0.3, -0.25) is 0 Å². The fourth-order valence-electron chi connectivity index (χ4n) is 3.12. The van der Waals surface area contributed by atoms with Gasteiger partial charge in [0.1, 0.15) is 12.1 Å². The van der Waals surface area contributed by atoms with Gasteiger partial charge >= 0.3 is 6.18 Å². The second-order valence-electron chi connectivity index (χ2n) is 6.26. The Morgan fingerprint density at radius 1 is 1.25 bits per heavy atom. The monoisotopic (exact) mass is 364 g/mol. The van der Waals surface area contributed by atoms with E-state index in [9.17, 15) is 21.6 Å². The number of nitrogens with one attached hydrogen (secondary N) is 1. The van der Waals surface area contributed by atoms with Gasteiger partial charge in [-0.05, 0) is 43.0 Å². The molecule has 1 aromatic rings. The number of ether oxygens (including phenoxy) is 1. The van der Waals surface area contributed by atoms with Crippen molar-refractivity contribution >= 4 is 9.84 Å². The Balaban J connectivity index is 1.85. The van der Waals surface area contributed by atoms with Gasteiger partial charge in [0.25, 0.3) is 0 Å². The van der Waals surface area contributed by atoms with E-state index in [4.69, 9.17) is 4.74 Å². The second kappa shape index (κ2) is 6.29. The van der Waals surface area contributed by atoms with Crippen molar-refractivity contribution in [3.05, 3.63) is 29.8 Å². The first kappa shape index (κ1) is 17.7. The van der Waals surface area contributed by atoms with E-state index in [1.807, 2.05) is 0 Å². The van der Waals surface area contributed by atoms with E-state index < -0.39 is 27.0 Å². The molecule has 2 fully saturated rings. The maximum absolute atomic E-state index is 12.9. The average molecular weight is 364 g/mol. The van der Waals surface area contributed by atoms with Crippen LogP contribution in [0.3, 0.4) is 0 Å². The van der Waals surface area contributed by atoms with Crippen molar-refractivity contribution in [1.29, 1.82) is 0 Å². The quantitative estimate of drug-likeness (QED) is 0.869. The molecule has 134 valence electrons. The van der Waals surface area contributed by atoms with Gasteiger partial charge in [0.05, 0.1) is 10.5 Å². The highest BCUT2D eigenvalue weighted by molar-refractivity contribution is 7.92. The smallest absolute Gasteiger partial charge is 0.368 e. The third-order valence-corrected chi connectivity index (χ3v) is 6.54. The van der Waals surface area contributed by atoms with Crippen LogP contribution in [0.25, 0.3) is 0 Å². The normalized spacial score (nSPS) is 26.0. The van der Waals surface area contributed by atoms with Gasteiger partial charge in [0.2, 0.25) is 0 Å². The number of nitrogens with zero attached hydrogens (tertiary/aromatic N) is 1. The predicted molar refractivity (Wildman–Crippen MR) is 80.3 cm³/mol. The van der Waals surface area contributed by atoms with Crippen molar-refractivity contribution < 1.29 is 26.3 Å². The molecule has 2 atom stereocenters. The Labute approximate surface area is 138 Å². The van der Waals surface area contributed by atoms with E-state index >= 15 is 0 Å². The lowest BCUT2D eigenvalue weighted by Gasteiger charge is -2.19. The number of alkyl halides is 3. The third kappa shape index (κ3) is 3.44. The third-order valence-electron chi connectivity index (χ3n) is 4.49. The van der Waals surface area contributed by atoms with Crippen LogP contribution in [0.15, 0.2) is 29.2 Å². The Morgan fingerprint density at radius 2 is 1.88 bits per heavy atom. The maximum atomic E-state index is 12.9. The summed E-state index contributed by atoms with van der Waals surface area (Å²) in [5, 5.41) is 0.867. The highest BCUT2D eigenvalue weighted by Gasteiger charge is 2.48.